The topological polar surface area (TPSA) is 29.4 Å². The van der Waals surface area contributed by atoms with Crippen LogP contribution >= 0.6 is 27.5 Å². The van der Waals surface area contributed by atoms with Crippen LogP contribution in [0, 0.1) is 0 Å². The van der Waals surface area contributed by atoms with Crippen molar-refractivity contribution < 1.29 is 4.79 Å². The fraction of sp³-hybridized carbons (Fsp3) is 0.200. The Morgan fingerprint density at radius 2 is 2.44 bits per heavy atom. The Morgan fingerprint density at radius 1 is 1.78 bits per heavy atom. The summed E-state index contributed by atoms with van der Waals surface area (Å²) < 4.78 is 0.502. The largest absolute Gasteiger partial charge is 0.291 e. The number of carbonyl (C=O) groups excluding carboxylic acids is 1. The molecule has 4 heteroatoms. The molecule has 0 bridgehead atoms. The molecule has 0 unspecified atom stereocenters. The molecule has 0 aromatic carbocycles. The van der Waals surface area contributed by atoms with E-state index < -0.39 is 0 Å². The van der Waals surface area contributed by atoms with Crippen molar-refractivity contribution in [3.05, 3.63) is 10.6 Å². The van der Waals surface area contributed by atoms with Gasteiger partial charge in [0, 0.05) is 0 Å². The Bertz CT molecular complexity index is 209. The van der Waals surface area contributed by atoms with Crippen LogP contribution in [0.5, 0.6) is 0 Å². The molecule has 1 aliphatic rings. The monoisotopic (exact) mass is 207 g/mol. The summed E-state index contributed by atoms with van der Waals surface area (Å²) in [7, 11) is 0. The van der Waals surface area contributed by atoms with Gasteiger partial charge in [0.25, 0.3) is 0 Å². The second kappa shape index (κ2) is 2.62. The van der Waals surface area contributed by atoms with Crippen molar-refractivity contribution in [3.8, 4) is 0 Å². The number of hydrogen-bond acceptors (Lipinski definition) is 2. The van der Waals surface area contributed by atoms with Gasteiger partial charge in [-0.2, -0.15) is 0 Å². The van der Waals surface area contributed by atoms with Crippen molar-refractivity contribution in [2.45, 2.75) is 0 Å². The number of aliphatic imine (C=N–C) groups is 1. The van der Waals surface area contributed by atoms with E-state index in [0.717, 1.165) is 0 Å². The Balaban J connectivity index is 2.87. The number of halogens is 2. The number of nitrogens with zero attached hydrogens (tertiary/aromatic N) is 1. The van der Waals surface area contributed by atoms with Crippen LogP contribution in [0.3, 0.4) is 0 Å². The molecule has 1 aliphatic heterocycles. The highest BCUT2D eigenvalue weighted by atomic mass is 79.9. The zero-order chi connectivity index (χ0) is 6.85. The second-order valence-corrected chi connectivity index (χ2v) is 2.80. The fourth-order valence-corrected chi connectivity index (χ4v) is 1.10. The molecule has 0 aromatic rings. The van der Waals surface area contributed by atoms with E-state index in [4.69, 9.17) is 11.6 Å². The minimum atomic E-state index is -0.0283. The summed E-state index contributed by atoms with van der Waals surface area (Å²) in [4.78, 5) is 14.3. The van der Waals surface area contributed by atoms with E-state index in [0.29, 0.717) is 9.65 Å². The zero-order valence-electron chi connectivity index (χ0n) is 4.40. The van der Waals surface area contributed by atoms with Gasteiger partial charge in [0.05, 0.1) is 4.48 Å². The van der Waals surface area contributed by atoms with Gasteiger partial charge in [-0.05, 0) is 22.0 Å². The first kappa shape index (κ1) is 6.96. The van der Waals surface area contributed by atoms with Gasteiger partial charge in [0.15, 0.2) is 5.78 Å². The van der Waals surface area contributed by atoms with Crippen LogP contribution in [-0.4, -0.2) is 17.5 Å². The summed E-state index contributed by atoms with van der Waals surface area (Å²) in [5.41, 5.74) is 0. The molecule has 1 rings (SSSR count). The van der Waals surface area contributed by atoms with Crippen molar-refractivity contribution in [1.82, 2.24) is 0 Å². The minimum absolute atomic E-state index is 0.0283. The molecule has 0 saturated heterocycles. The number of hydrogen-bond donors (Lipinski definition) is 0. The molecular formula is C5H3BrClNO. The Morgan fingerprint density at radius 3 is 2.89 bits per heavy atom. The number of dihydropyridines is 1. The molecule has 0 atom stereocenters. The maximum atomic E-state index is 10.7. The molecule has 0 aromatic heterocycles. The third kappa shape index (κ3) is 1.63. The maximum Gasteiger partial charge on any atom is 0.191 e. The SMILES string of the molecule is O=C1CN=C(Cl)C=C1Br. The van der Waals surface area contributed by atoms with Crippen molar-refractivity contribution in [1.29, 1.82) is 0 Å². The molecular weight excluding hydrogens is 205 g/mol. The van der Waals surface area contributed by atoms with Crippen molar-refractivity contribution in [2.24, 2.45) is 4.99 Å². The molecule has 0 N–H and O–H groups in total. The van der Waals surface area contributed by atoms with Gasteiger partial charge < -0.3 is 0 Å². The third-order valence-electron chi connectivity index (χ3n) is 0.886. The number of ketones is 1. The van der Waals surface area contributed by atoms with E-state index in [1.807, 2.05) is 0 Å². The van der Waals surface area contributed by atoms with E-state index >= 15 is 0 Å². The molecule has 0 amide bonds. The number of carbonyl (C=O) groups is 1. The Labute approximate surface area is 65.7 Å². The van der Waals surface area contributed by atoms with Crippen LogP contribution in [0.25, 0.3) is 0 Å². The van der Waals surface area contributed by atoms with Gasteiger partial charge in [0.1, 0.15) is 11.7 Å². The molecule has 1 heterocycles. The molecule has 0 saturated carbocycles. The van der Waals surface area contributed by atoms with Gasteiger partial charge >= 0.3 is 0 Å². The molecule has 9 heavy (non-hydrogen) atoms. The first-order chi connectivity index (χ1) is 4.20. The van der Waals surface area contributed by atoms with Gasteiger partial charge in [-0.3, -0.25) is 9.79 Å². The lowest BCUT2D eigenvalue weighted by atomic mass is 10.3. The van der Waals surface area contributed by atoms with Gasteiger partial charge in [-0.25, -0.2) is 0 Å². The van der Waals surface area contributed by atoms with Crippen LogP contribution in [-0.2, 0) is 4.79 Å². The molecule has 0 radical (unpaired) electrons. The smallest absolute Gasteiger partial charge is 0.191 e. The summed E-state index contributed by atoms with van der Waals surface area (Å²) in [5.74, 6) is -0.0283. The first-order valence-corrected chi connectivity index (χ1v) is 3.47. The number of Topliss-reactive ketones (excluding diaryl/α,β-unsaturated/α-hetero) is 1. The summed E-state index contributed by atoms with van der Waals surface area (Å²) in [6.07, 6.45) is 1.49. The fourth-order valence-electron chi connectivity index (χ4n) is 0.454. The number of allylic oxidation sites excluding steroid dienone is 1. The number of rotatable bonds is 0. The van der Waals surface area contributed by atoms with Crippen LogP contribution in [0.1, 0.15) is 0 Å². The lowest BCUT2D eigenvalue weighted by molar-refractivity contribution is -0.113. The summed E-state index contributed by atoms with van der Waals surface area (Å²) in [6.45, 7) is 0.163. The molecule has 48 valence electrons. The molecule has 2 nitrogen and oxygen atoms in total. The van der Waals surface area contributed by atoms with E-state index in [1.54, 1.807) is 0 Å². The average molecular weight is 208 g/mol. The van der Waals surface area contributed by atoms with Crippen LogP contribution in [0.4, 0.5) is 0 Å². The Kier molecular flexibility index (Phi) is 2.03. The van der Waals surface area contributed by atoms with Gasteiger partial charge in [0.2, 0.25) is 0 Å². The molecule has 0 fully saturated rings. The summed E-state index contributed by atoms with van der Waals surface area (Å²) >= 11 is 8.51. The average Bonchev–Trinajstić information content (AvgIpc) is 1.80. The van der Waals surface area contributed by atoms with Gasteiger partial charge in [-0.15, -0.1) is 0 Å². The van der Waals surface area contributed by atoms with Crippen molar-refractivity contribution in [2.75, 3.05) is 6.54 Å². The lowest BCUT2D eigenvalue weighted by Gasteiger charge is -2.00. The normalized spacial score (nSPS) is 19.1. The standard InChI is InChI=1S/C5H3BrClNO/c6-3-1-5(7)8-2-4(3)9/h1H,2H2. The molecule has 0 aliphatic carbocycles. The highest BCUT2D eigenvalue weighted by molar-refractivity contribution is 9.12. The van der Waals surface area contributed by atoms with Crippen LogP contribution in [0.15, 0.2) is 15.6 Å². The highest BCUT2D eigenvalue weighted by Crippen LogP contribution is 2.12. The quantitative estimate of drug-likeness (QED) is 0.593. The second-order valence-electron chi connectivity index (χ2n) is 1.55. The minimum Gasteiger partial charge on any atom is -0.291 e. The predicted octanol–water partition coefficient (Wildman–Crippen LogP) is 1.49. The first-order valence-electron chi connectivity index (χ1n) is 2.30. The highest BCUT2D eigenvalue weighted by Gasteiger charge is 2.10. The zero-order valence-corrected chi connectivity index (χ0v) is 6.74. The predicted molar refractivity (Wildman–Crippen MR) is 40.2 cm³/mol. The maximum absolute atomic E-state index is 10.7. The Hall–Kier alpha value is -0.150. The van der Waals surface area contributed by atoms with E-state index in [1.165, 1.54) is 6.08 Å². The third-order valence-corrected chi connectivity index (χ3v) is 1.79. The van der Waals surface area contributed by atoms with E-state index in [-0.39, 0.29) is 12.3 Å². The van der Waals surface area contributed by atoms with Crippen LogP contribution < -0.4 is 0 Å². The summed E-state index contributed by atoms with van der Waals surface area (Å²) in [6, 6.07) is 0. The van der Waals surface area contributed by atoms with Gasteiger partial charge in [-0.1, -0.05) is 11.6 Å². The van der Waals surface area contributed by atoms with Crippen molar-refractivity contribution in [3.63, 3.8) is 0 Å². The van der Waals surface area contributed by atoms with E-state index in [2.05, 4.69) is 20.9 Å². The molecule has 0 spiro atoms. The van der Waals surface area contributed by atoms with Crippen molar-refractivity contribution >= 4 is 38.5 Å². The lowest BCUT2D eigenvalue weighted by Crippen LogP contribution is -2.08. The van der Waals surface area contributed by atoms with E-state index in [9.17, 15) is 4.79 Å². The summed E-state index contributed by atoms with van der Waals surface area (Å²) in [5, 5.41) is 0.376. The van der Waals surface area contributed by atoms with Crippen LogP contribution in [0.2, 0.25) is 0 Å².